The lowest BCUT2D eigenvalue weighted by Gasteiger charge is -2.36. The van der Waals surface area contributed by atoms with E-state index < -0.39 is 0 Å². The molecule has 4 nitrogen and oxygen atoms in total. The zero-order valence-electron chi connectivity index (χ0n) is 15.2. The number of hydrogen-bond donors (Lipinski definition) is 0. The SMILES string of the molecule is Cc1nnc(N2CCN(c3ccccc3)CC2)cc1Cc1ccccc1. The van der Waals surface area contributed by atoms with Gasteiger partial charge >= 0.3 is 0 Å². The van der Waals surface area contributed by atoms with Gasteiger partial charge < -0.3 is 9.80 Å². The molecule has 132 valence electrons. The lowest BCUT2D eigenvalue weighted by molar-refractivity contribution is 0.642. The number of aromatic nitrogens is 2. The van der Waals surface area contributed by atoms with Crippen molar-refractivity contribution in [1.29, 1.82) is 0 Å². The first-order valence-corrected chi connectivity index (χ1v) is 9.22. The van der Waals surface area contributed by atoms with E-state index in [1.165, 1.54) is 16.8 Å². The molecule has 3 aromatic rings. The van der Waals surface area contributed by atoms with E-state index in [0.717, 1.165) is 44.1 Å². The Labute approximate surface area is 155 Å². The quantitative estimate of drug-likeness (QED) is 0.722. The molecule has 0 amide bonds. The lowest BCUT2D eigenvalue weighted by Crippen LogP contribution is -2.47. The van der Waals surface area contributed by atoms with Gasteiger partial charge in [0.1, 0.15) is 0 Å². The maximum absolute atomic E-state index is 4.46. The van der Waals surface area contributed by atoms with E-state index in [-0.39, 0.29) is 0 Å². The van der Waals surface area contributed by atoms with Crippen LogP contribution in [-0.4, -0.2) is 36.4 Å². The zero-order valence-corrected chi connectivity index (χ0v) is 15.2. The van der Waals surface area contributed by atoms with E-state index in [1.54, 1.807) is 0 Å². The molecule has 0 radical (unpaired) electrons. The Hall–Kier alpha value is -2.88. The fraction of sp³-hybridized carbons (Fsp3) is 0.273. The highest BCUT2D eigenvalue weighted by Gasteiger charge is 2.19. The van der Waals surface area contributed by atoms with Crippen LogP contribution in [0.4, 0.5) is 11.5 Å². The Bertz CT molecular complexity index is 841. The Morgan fingerprint density at radius 3 is 2.08 bits per heavy atom. The van der Waals surface area contributed by atoms with E-state index in [9.17, 15) is 0 Å². The number of rotatable bonds is 4. The third-order valence-electron chi connectivity index (χ3n) is 5.03. The molecule has 4 rings (SSSR count). The van der Waals surface area contributed by atoms with E-state index in [0.29, 0.717) is 0 Å². The maximum atomic E-state index is 4.46. The minimum atomic E-state index is 0.902. The summed E-state index contributed by atoms with van der Waals surface area (Å²) in [5, 5.41) is 8.88. The molecular formula is C22H24N4. The van der Waals surface area contributed by atoms with E-state index in [1.807, 2.05) is 6.92 Å². The van der Waals surface area contributed by atoms with Gasteiger partial charge in [-0.2, -0.15) is 5.10 Å². The minimum absolute atomic E-state index is 0.902. The van der Waals surface area contributed by atoms with Crippen LogP contribution in [0.2, 0.25) is 0 Å². The first-order chi connectivity index (χ1) is 12.8. The fourth-order valence-corrected chi connectivity index (χ4v) is 3.46. The van der Waals surface area contributed by atoms with Crippen molar-refractivity contribution >= 4 is 11.5 Å². The summed E-state index contributed by atoms with van der Waals surface area (Å²) < 4.78 is 0. The molecule has 26 heavy (non-hydrogen) atoms. The predicted octanol–water partition coefficient (Wildman–Crippen LogP) is 3.70. The van der Waals surface area contributed by atoms with Crippen LogP contribution < -0.4 is 9.80 Å². The molecular weight excluding hydrogens is 320 g/mol. The summed E-state index contributed by atoms with van der Waals surface area (Å²) in [6.45, 7) is 6.00. The smallest absolute Gasteiger partial charge is 0.151 e. The first-order valence-electron chi connectivity index (χ1n) is 9.22. The lowest BCUT2D eigenvalue weighted by atomic mass is 10.0. The number of para-hydroxylation sites is 1. The molecule has 1 fully saturated rings. The van der Waals surface area contributed by atoms with Gasteiger partial charge in [0.05, 0.1) is 5.69 Å². The van der Waals surface area contributed by atoms with Crippen molar-refractivity contribution in [3.63, 3.8) is 0 Å². The van der Waals surface area contributed by atoms with Gasteiger partial charge in [-0.25, -0.2) is 0 Å². The fourth-order valence-electron chi connectivity index (χ4n) is 3.46. The molecule has 0 saturated carbocycles. The molecule has 2 heterocycles. The van der Waals surface area contributed by atoms with Gasteiger partial charge in [-0.05, 0) is 42.7 Å². The molecule has 2 aromatic carbocycles. The van der Waals surface area contributed by atoms with Crippen molar-refractivity contribution in [2.45, 2.75) is 13.3 Å². The van der Waals surface area contributed by atoms with Gasteiger partial charge in [0.15, 0.2) is 5.82 Å². The third kappa shape index (κ3) is 3.69. The van der Waals surface area contributed by atoms with Crippen LogP contribution in [0.1, 0.15) is 16.8 Å². The molecule has 4 heteroatoms. The Morgan fingerprint density at radius 1 is 0.769 bits per heavy atom. The van der Waals surface area contributed by atoms with E-state index >= 15 is 0 Å². The van der Waals surface area contributed by atoms with Crippen LogP contribution >= 0.6 is 0 Å². The molecule has 0 atom stereocenters. The monoisotopic (exact) mass is 344 g/mol. The molecule has 0 spiro atoms. The standard InChI is InChI=1S/C22H24N4/c1-18-20(16-19-8-4-2-5-9-19)17-22(24-23-18)26-14-12-25(13-15-26)21-10-6-3-7-11-21/h2-11,17H,12-16H2,1H3. The summed E-state index contributed by atoms with van der Waals surface area (Å²) >= 11 is 0. The van der Waals surface area contributed by atoms with Crippen LogP contribution in [0.3, 0.4) is 0 Å². The van der Waals surface area contributed by atoms with Gasteiger partial charge in [-0.15, -0.1) is 5.10 Å². The molecule has 0 bridgehead atoms. The molecule has 1 saturated heterocycles. The molecule has 0 unspecified atom stereocenters. The third-order valence-corrected chi connectivity index (χ3v) is 5.03. The summed E-state index contributed by atoms with van der Waals surface area (Å²) in [5.74, 6) is 0.995. The van der Waals surface area contributed by atoms with Crippen LogP contribution in [-0.2, 0) is 6.42 Å². The highest BCUT2D eigenvalue weighted by atomic mass is 15.3. The van der Waals surface area contributed by atoms with Crippen molar-refractivity contribution < 1.29 is 0 Å². The van der Waals surface area contributed by atoms with Crippen LogP contribution in [0.5, 0.6) is 0 Å². The topological polar surface area (TPSA) is 32.3 Å². The van der Waals surface area contributed by atoms with Crippen LogP contribution in [0, 0.1) is 6.92 Å². The average Bonchev–Trinajstić information content (AvgIpc) is 2.71. The molecule has 1 aliphatic heterocycles. The number of aryl methyl sites for hydroxylation is 1. The highest BCUT2D eigenvalue weighted by molar-refractivity contribution is 5.50. The number of benzene rings is 2. The molecule has 0 N–H and O–H groups in total. The van der Waals surface area contributed by atoms with Gasteiger partial charge in [0.2, 0.25) is 0 Å². The average molecular weight is 344 g/mol. The molecule has 1 aliphatic rings. The van der Waals surface area contributed by atoms with Crippen LogP contribution in [0.15, 0.2) is 66.7 Å². The van der Waals surface area contributed by atoms with Gasteiger partial charge in [0, 0.05) is 31.9 Å². The van der Waals surface area contributed by atoms with Crippen molar-refractivity contribution in [2.75, 3.05) is 36.0 Å². The first kappa shape index (κ1) is 16.6. The summed E-state index contributed by atoms with van der Waals surface area (Å²) in [4.78, 5) is 4.78. The number of nitrogens with zero attached hydrogens (tertiary/aromatic N) is 4. The highest BCUT2D eigenvalue weighted by Crippen LogP contribution is 2.21. The summed E-state index contributed by atoms with van der Waals surface area (Å²) in [7, 11) is 0. The van der Waals surface area contributed by atoms with Gasteiger partial charge in [0.25, 0.3) is 0 Å². The minimum Gasteiger partial charge on any atom is -0.368 e. The zero-order chi connectivity index (χ0) is 17.8. The van der Waals surface area contributed by atoms with Crippen molar-refractivity contribution in [3.05, 3.63) is 83.6 Å². The maximum Gasteiger partial charge on any atom is 0.151 e. The number of piperazine rings is 1. The Morgan fingerprint density at radius 2 is 1.38 bits per heavy atom. The molecule has 0 aliphatic carbocycles. The number of hydrogen-bond acceptors (Lipinski definition) is 4. The van der Waals surface area contributed by atoms with Crippen molar-refractivity contribution in [3.8, 4) is 0 Å². The van der Waals surface area contributed by atoms with Crippen LogP contribution in [0.25, 0.3) is 0 Å². The normalized spacial score (nSPS) is 14.5. The second kappa shape index (κ2) is 7.56. The van der Waals surface area contributed by atoms with Gasteiger partial charge in [-0.1, -0.05) is 48.5 Å². The number of anilines is 2. The Kier molecular flexibility index (Phi) is 4.82. The van der Waals surface area contributed by atoms with Crippen molar-refractivity contribution in [1.82, 2.24) is 10.2 Å². The second-order valence-electron chi connectivity index (χ2n) is 6.79. The summed E-state index contributed by atoms with van der Waals surface area (Å²) in [5.41, 5.74) is 4.88. The summed E-state index contributed by atoms with van der Waals surface area (Å²) in [6.07, 6.45) is 0.902. The molecule has 1 aromatic heterocycles. The van der Waals surface area contributed by atoms with E-state index in [2.05, 4.69) is 86.7 Å². The van der Waals surface area contributed by atoms with Crippen molar-refractivity contribution in [2.24, 2.45) is 0 Å². The predicted molar refractivity (Wildman–Crippen MR) is 107 cm³/mol. The van der Waals surface area contributed by atoms with E-state index in [4.69, 9.17) is 0 Å². The van der Waals surface area contributed by atoms with Gasteiger partial charge in [-0.3, -0.25) is 0 Å². The second-order valence-corrected chi connectivity index (χ2v) is 6.79. The Balaban J connectivity index is 1.46. The summed E-state index contributed by atoms with van der Waals surface area (Å²) in [6, 6.07) is 23.4. The largest absolute Gasteiger partial charge is 0.368 e.